The zero-order valence-electron chi connectivity index (χ0n) is 8.16. The zero-order valence-corrected chi connectivity index (χ0v) is 10.3. The Balaban J connectivity index is 2.49. The first-order chi connectivity index (χ1) is 7.20. The Labute approximate surface area is 101 Å². The molecule has 0 fully saturated rings. The third kappa shape index (κ3) is 2.12. The van der Waals surface area contributed by atoms with Gasteiger partial charge in [-0.25, -0.2) is 0 Å². The predicted octanol–water partition coefficient (Wildman–Crippen LogP) is 3.67. The maximum atomic E-state index is 10.5. The van der Waals surface area contributed by atoms with Crippen molar-refractivity contribution in [1.82, 2.24) is 0 Å². The predicted molar refractivity (Wildman–Crippen MR) is 67.0 cm³/mol. The molecule has 0 N–H and O–H groups in total. The van der Waals surface area contributed by atoms with Crippen molar-refractivity contribution in [2.75, 3.05) is 0 Å². The molecule has 0 radical (unpaired) electrons. The quantitative estimate of drug-likeness (QED) is 0.625. The minimum atomic E-state index is 0.362. The maximum absolute atomic E-state index is 10.5. The van der Waals surface area contributed by atoms with Gasteiger partial charge in [-0.15, -0.1) is 0 Å². The van der Waals surface area contributed by atoms with Crippen LogP contribution in [-0.4, -0.2) is 6.29 Å². The summed E-state index contributed by atoms with van der Waals surface area (Å²) in [6, 6.07) is 9.61. The minimum Gasteiger partial charge on any atom is -0.453 e. The molecule has 2 rings (SSSR count). The molecule has 0 spiro atoms. The molecule has 0 saturated carbocycles. The third-order valence-electron chi connectivity index (χ3n) is 2.13. The molecule has 0 aliphatic rings. The molecule has 1 heterocycles. The highest BCUT2D eigenvalue weighted by molar-refractivity contribution is 14.1. The van der Waals surface area contributed by atoms with Gasteiger partial charge in [0.2, 0.25) is 0 Å². The van der Waals surface area contributed by atoms with E-state index < -0.39 is 0 Å². The second-order valence-corrected chi connectivity index (χ2v) is 4.47. The van der Waals surface area contributed by atoms with E-state index in [4.69, 9.17) is 4.42 Å². The van der Waals surface area contributed by atoms with Crippen LogP contribution in [0.2, 0.25) is 0 Å². The maximum Gasteiger partial charge on any atom is 0.185 e. The second kappa shape index (κ2) is 4.18. The minimum absolute atomic E-state index is 0.362. The lowest BCUT2D eigenvalue weighted by molar-refractivity contribution is 0.110. The Morgan fingerprint density at radius 3 is 2.67 bits per heavy atom. The van der Waals surface area contributed by atoms with Gasteiger partial charge in [-0.05, 0) is 53.8 Å². The molecule has 1 aromatic carbocycles. The first kappa shape index (κ1) is 10.4. The summed E-state index contributed by atoms with van der Waals surface area (Å²) in [6.45, 7) is 2.05. The molecule has 0 unspecified atom stereocenters. The summed E-state index contributed by atoms with van der Waals surface area (Å²) in [5, 5.41) is 0. The van der Waals surface area contributed by atoms with Gasteiger partial charge < -0.3 is 4.42 Å². The summed E-state index contributed by atoms with van der Waals surface area (Å²) in [7, 11) is 0. The molecular formula is C12H9IO2. The van der Waals surface area contributed by atoms with Crippen LogP contribution >= 0.6 is 22.6 Å². The summed E-state index contributed by atoms with van der Waals surface area (Å²) in [5.74, 6) is 1.10. The number of hydrogen-bond acceptors (Lipinski definition) is 2. The average Bonchev–Trinajstić information content (AvgIpc) is 2.66. The summed E-state index contributed by atoms with van der Waals surface area (Å²) >= 11 is 2.26. The Hall–Kier alpha value is -1.10. The van der Waals surface area contributed by atoms with E-state index in [1.165, 1.54) is 5.56 Å². The summed E-state index contributed by atoms with van der Waals surface area (Å²) in [6.07, 6.45) is 0.713. The zero-order chi connectivity index (χ0) is 10.8. The van der Waals surface area contributed by atoms with Gasteiger partial charge in [0, 0.05) is 9.13 Å². The largest absolute Gasteiger partial charge is 0.453 e. The fraction of sp³-hybridized carbons (Fsp3) is 0.0833. The monoisotopic (exact) mass is 312 g/mol. The summed E-state index contributed by atoms with van der Waals surface area (Å²) < 4.78 is 6.49. The first-order valence-corrected chi connectivity index (χ1v) is 5.60. The lowest BCUT2D eigenvalue weighted by atomic mass is 10.1. The summed E-state index contributed by atoms with van der Waals surface area (Å²) in [5.41, 5.74) is 2.24. The molecular weight excluding hydrogens is 303 g/mol. The number of carbonyl (C=O) groups is 1. The molecule has 1 aromatic heterocycles. The topological polar surface area (TPSA) is 30.2 Å². The molecule has 0 aliphatic heterocycles. The van der Waals surface area contributed by atoms with Crippen molar-refractivity contribution in [2.45, 2.75) is 6.92 Å². The van der Waals surface area contributed by atoms with Crippen molar-refractivity contribution in [1.29, 1.82) is 0 Å². The van der Waals surface area contributed by atoms with Gasteiger partial charge in [0.05, 0.1) is 0 Å². The van der Waals surface area contributed by atoms with Crippen molar-refractivity contribution in [3.63, 3.8) is 0 Å². The highest BCUT2D eigenvalue weighted by Gasteiger charge is 2.07. The number of carbonyl (C=O) groups excluding carboxylic acids is 1. The number of hydrogen-bond donors (Lipinski definition) is 0. The average molecular weight is 312 g/mol. The Kier molecular flexibility index (Phi) is 2.90. The van der Waals surface area contributed by atoms with E-state index in [2.05, 4.69) is 28.7 Å². The Bertz CT molecular complexity index is 500. The van der Waals surface area contributed by atoms with Crippen LogP contribution in [0.3, 0.4) is 0 Å². The van der Waals surface area contributed by atoms with Crippen LogP contribution in [0.25, 0.3) is 11.3 Å². The number of rotatable bonds is 2. The van der Waals surface area contributed by atoms with E-state index >= 15 is 0 Å². The van der Waals surface area contributed by atoms with Crippen molar-refractivity contribution >= 4 is 28.9 Å². The lowest BCUT2D eigenvalue weighted by Gasteiger charge is -2.01. The van der Waals surface area contributed by atoms with Gasteiger partial charge in [0.15, 0.2) is 12.0 Å². The molecule has 0 atom stereocenters. The number of benzene rings is 1. The van der Waals surface area contributed by atoms with E-state index in [-0.39, 0.29) is 0 Å². The highest BCUT2D eigenvalue weighted by atomic mass is 127. The lowest BCUT2D eigenvalue weighted by Crippen LogP contribution is -1.82. The fourth-order valence-corrected chi connectivity index (χ4v) is 2.32. The van der Waals surface area contributed by atoms with E-state index in [9.17, 15) is 4.79 Å². The van der Waals surface area contributed by atoms with Crippen molar-refractivity contribution in [3.8, 4) is 11.3 Å². The van der Waals surface area contributed by atoms with Gasteiger partial charge in [0.1, 0.15) is 5.76 Å². The number of halogens is 1. The van der Waals surface area contributed by atoms with E-state index in [0.717, 1.165) is 14.9 Å². The number of aryl methyl sites for hydroxylation is 1. The van der Waals surface area contributed by atoms with E-state index in [1.54, 1.807) is 6.07 Å². The Morgan fingerprint density at radius 2 is 2.07 bits per heavy atom. The van der Waals surface area contributed by atoms with Crippen LogP contribution in [-0.2, 0) is 0 Å². The van der Waals surface area contributed by atoms with Gasteiger partial charge in [-0.3, -0.25) is 4.79 Å². The molecule has 0 aliphatic carbocycles. The van der Waals surface area contributed by atoms with Gasteiger partial charge >= 0.3 is 0 Å². The Morgan fingerprint density at radius 1 is 1.27 bits per heavy atom. The van der Waals surface area contributed by atoms with Crippen LogP contribution in [0.5, 0.6) is 0 Å². The standard InChI is InChI=1S/C12H9IO2/c1-8-2-4-10(11(13)6-8)12-5-3-9(7-14)15-12/h2-7H,1H3. The first-order valence-electron chi connectivity index (χ1n) is 4.52. The van der Waals surface area contributed by atoms with Crippen LogP contribution in [0.1, 0.15) is 16.1 Å². The molecule has 76 valence electrons. The molecule has 0 saturated heterocycles. The molecule has 0 bridgehead atoms. The molecule has 3 heteroatoms. The summed E-state index contributed by atoms with van der Waals surface area (Å²) in [4.78, 5) is 10.5. The van der Waals surface area contributed by atoms with Gasteiger partial charge in [-0.2, -0.15) is 0 Å². The van der Waals surface area contributed by atoms with Gasteiger partial charge in [0.25, 0.3) is 0 Å². The van der Waals surface area contributed by atoms with Gasteiger partial charge in [-0.1, -0.05) is 11.6 Å². The van der Waals surface area contributed by atoms with Crippen LogP contribution < -0.4 is 0 Å². The second-order valence-electron chi connectivity index (χ2n) is 3.30. The van der Waals surface area contributed by atoms with Crippen molar-refractivity contribution in [3.05, 3.63) is 45.2 Å². The van der Waals surface area contributed by atoms with Crippen LogP contribution in [0.4, 0.5) is 0 Å². The smallest absolute Gasteiger partial charge is 0.185 e. The van der Waals surface area contributed by atoms with Crippen molar-refractivity contribution in [2.24, 2.45) is 0 Å². The molecule has 2 aromatic rings. The van der Waals surface area contributed by atoms with Crippen LogP contribution in [0, 0.1) is 10.5 Å². The van der Waals surface area contributed by atoms with E-state index in [0.29, 0.717) is 12.0 Å². The van der Waals surface area contributed by atoms with Crippen LogP contribution in [0.15, 0.2) is 34.7 Å². The molecule has 0 amide bonds. The normalized spacial score (nSPS) is 10.3. The molecule has 2 nitrogen and oxygen atoms in total. The number of aldehydes is 1. The van der Waals surface area contributed by atoms with Crippen molar-refractivity contribution < 1.29 is 9.21 Å². The SMILES string of the molecule is Cc1ccc(-c2ccc(C=O)o2)c(I)c1. The number of furan rings is 1. The molecule has 15 heavy (non-hydrogen) atoms. The van der Waals surface area contributed by atoms with E-state index in [1.807, 2.05) is 25.1 Å². The fourth-order valence-electron chi connectivity index (χ4n) is 1.38. The third-order valence-corrected chi connectivity index (χ3v) is 3.03. The highest BCUT2D eigenvalue weighted by Crippen LogP contribution is 2.27.